The summed E-state index contributed by atoms with van der Waals surface area (Å²) >= 11 is 0. The predicted octanol–water partition coefficient (Wildman–Crippen LogP) is 2.42. The van der Waals surface area contributed by atoms with E-state index in [1.807, 2.05) is 38.1 Å². The van der Waals surface area contributed by atoms with Gasteiger partial charge < -0.3 is 14.8 Å². The molecule has 1 saturated heterocycles. The standard InChI is InChI=1S/C21H26N2O5S/c1-16(2)28-19-5-3-4-17(14-19)15-22-21(24)18-6-8-20(9-7-18)29(25,26)23-10-12-27-13-11-23/h3-9,14,16H,10-13,15H2,1-2H3,(H,22,24). The number of hydrogen-bond acceptors (Lipinski definition) is 5. The molecule has 0 bridgehead atoms. The molecule has 8 heteroatoms. The van der Waals surface area contributed by atoms with Gasteiger partial charge in [0, 0.05) is 25.2 Å². The largest absolute Gasteiger partial charge is 0.491 e. The third kappa shape index (κ3) is 5.56. The molecule has 1 amide bonds. The molecule has 0 unspecified atom stereocenters. The van der Waals surface area contributed by atoms with E-state index >= 15 is 0 Å². The number of amides is 1. The highest BCUT2D eigenvalue weighted by molar-refractivity contribution is 7.89. The van der Waals surface area contributed by atoms with Gasteiger partial charge in [-0.3, -0.25) is 4.79 Å². The number of carbonyl (C=O) groups is 1. The minimum Gasteiger partial charge on any atom is -0.491 e. The van der Waals surface area contributed by atoms with Crippen molar-refractivity contribution >= 4 is 15.9 Å². The highest BCUT2D eigenvalue weighted by Gasteiger charge is 2.26. The van der Waals surface area contributed by atoms with Gasteiger partial charge in [0.25, 0.3) is 5.91 Å². The Kier molecular flexibility index (Phi) is 6.89. The summed E-state index contributed by atoms with van der Waals surface area (Å²) in [5, 5.41) is 2.85. The van der Waals surface area contributed by atoms with E-state index in [2.05, 4.69) is 5.32 Å². The van der Waals surface area contributed by atoms with Crippen molar-refractivity contribution in [2.75, 3.05) is 26.3 Å². The maximum Gasteiger partial charge on any atom is 0.251 e. The number of sulfonamides is 1. The van der Waals surface area contributed by atoms with Crippen LogP contribution in [0.5, 0.6) is 5.75 Å². The highest BCUT2D eigenvalue weighted by atomic mass is 32.2. The molecule has 3 rings (SSSR count). The molecule has 1 heterocycles. The van der Waals surface area contributed by atoms with Crippen LogP contribution in [0.2, 0.25) is 0 Å². The zero-order chi connectivity index (χ0) is 20.9. The molecule has 29 heavy (non-hydrogen) atoms. The van der Waals surface area contributed by atoms with Crippen LogP contribution in [0.25, 0.3) is 0 Å². The summed E-state index contributed by atoms with van der Waals surface area (Å²) in [5.41, 5.74) is 1.32. The minimum absolute atomic E-state index is 0.0760. The van der Waals surface area contributed by atoms with Gasteiger partial charge in [-0.2, -0.15) is 4.31 Å². The molecule has 0 radical (unpaired) electrons. The molecular weight excluding hydrogens is 392 g/mol. The molecule has 1 aliphatic rings. The van der Waals surface area contributed by atoms with Gasteiger partial charge in [-0.1, -0.05) is 12.1 Å². The van der Waals surface area contributed by atoms with Crippen molar-refractivity contribution < 1.29 is 22.7 Å². The van der Waals surface area contributed by atoms with Gasteiger partial charge in [0.1, 0.15) is 5.75 Å². The molecule has 1 fully saturated rings. The summed E-state index contributed by atoms with van der Waals surface area (Å²) in [6.07, 6.45) is 0.0760. The fourth-order valence-electron chi connectivity index (χ4n) is 3.00. The normalized spacial score (nSPS) is 15.3. The lowest BCUT2D eigenvalue weighted by Crippen LogP contribution is -2.40. The van der Waals surface area contributed by atoms with Crippen LogP contribution in [0, 0.1) is 0 Å². The van der Waals surface area contributed by atoms with Crippen molar-refractivity contribution in [1.29, 1.82) is 0 Å². The quantitative estimate of drug-likeness (QED) is 0.747. The van der Waals surface area contributed by atoms with E-state index in [9.17, 15) is 13.2 Å². The van der Waals surface area contributed by atoms with E-state index in [-0.39, 0.29) is 16.9 Å². The molecule has 0 aromatic heterocycles. The van der Waals surface area contributed by atoms with Crippen LogP contribution >= 0.6 is 0 Å². The number of nitrogens with one attached hydrogen (secondary N) is 1. The molecule has 2 aromatic carbocycles. The molecule has 0 aliphatic carbocycles. The Labute approximate surface area is 171 Å². The third-order valence-corrected chi connectivity index (χ3v) is 6.36. The molecule has 0 saturated carbocycles. The maximum atomic E-state index is 12.6. The second kappa shape index (κ2) is 9.39. The molecule has 0 spiro atoms. The summed E-state index contributed by atoms with van der Waals surface area (Å²) in [6.45, 7) is 5.72. The number of nitrogens with zero attached hydrogens (tertiary/aromatic N) is 1. The minimum atomic E-state index is -3.57. The van der Waals surface area contributed by atoms with Gasteiger partial charge in [-0.05, 0) is 55.8 Å². The summed E-state index contributed by atoms with van der Waals surface area (Å²) in [5.74, 6) is 0.486. The fourth-order valence-corrected chi connectivity index (χ4v) is 4.41. The van der Waals surface area contributed by atoms with Crippen LogP contribution in [-0.4, -0.2) is 51.0 Å². The molecule has 156 valence electrons. The highest BCUT2D eigenvalue weighted by Crippen LogP contribution is 2.18. The summed E-state index contributed by atoms with van der Waals surface area (Å²) in [7, 11) is -3.57. The van der Waals surface area contributed by atoms with E-state index in [1.54, 1.807) is 0 Å². The smallest absolute Gasteiger partial charge is 0.251 e. The lowest BCUT2D eigenvalue weighted by atomic mass is 10.2. The Morgan fingerprint density at radius 2 is 1.83 bits per heavy atom. The summed E-state index contributed by atoms with van der Waals surface area (Å²) < 4.78 is 37.6. The van der Waals surface area contributed by atoms with E-state index < -0.39 is 10.0 Å². The molecule has 1 aliphatic heterocycles. The Balaban J connectivity index is 1.62. The van der Waals surface area contributed by atoms with Gasteiger partial charge in [0.15, 0.2) is 0 Å². The lowest BCUT2D eigenvalue weighted by Gasteiger charge is -2.26. The van der Waals surface area contributed by atoms with Gasteiger partial charge in [0.2, 0.25) is 10.0 Å². The van der Waals surface area contributed by atoms with Gasteiger partial charge in [-0.15, -0.1) is 0 Å². The average Bonchev–Trinajstić information content (AvgIpc) is 2.72. The third-order valence-electron chi connectivity index (χ3n) is 4.45. The average molecular weight is 419 g/mol. The van der Waals surface area contributed by atoms with Crippen molar-refractivity contribution in [3.63, 3.8) is 0 Å². The van der Waals surface area contributed by atoms with Crippen molar-refractivity contribution in [3.05, 3.63) is 59.7 Å². The Morgan fingerprint density at radius 1 is 1.14 bits per heavy atom. The number of benzene rings is 2. The summed E-state index contributed by atoms with van der Waals surface area (Å²) in [6, 6.07) is 13.5. The van der Waals surface area contributed by atoms with Crippen LogP contribution in [0.1, 0.15) is 29.8 Å². The van der Waals surface area contributed by atoms with Gasteiger partial charge in [0.05, 0.1) is 24.2 Å². The Hall–Kier alpha value is -2.42. The number of morpholine rings is 1. The Bertz CT molecular complexity index is 936. The zero-order valence-corrected chi connectivity index (χ0v) is 17.4. The fraction of sp³-hybridized carbons (Fsp3) is 0.381. The monoisotopic (exact) mass is 418 g/mol. The number of ether oxygens (including phenoxy) is 2. The van der Waals surface area contributed by atoms with Crippen molar-refractivity contribution in [2.45, 2.75) is 31.4 Å². The molecule has 1 N–H and O–H groups in total. The first-order valence-electron chi connectivity index (χ1n) is 9.58. The maximum absolute atomic E-state index is 12.6. The van der Waals surface area contributed by atoms with Crippen LogP contribution < -0.4 is 10.1 Å². The molecule has 7 nitrogen and oxygen atoms in total. The van der Waals surface area contributed by atoms with Gasteiger partial charge in [-0.25, -0.2) is 8.42 Å². The van der Waals surface area contributed by atoms with E-state index in [4.69, 9.17) is 9.47 Å². The van der Waals surface area contributed by atoms with E-state index in [1.165, 1.54) is 28.6 Å². The number of hydrogen-bond donors (Lipinski definition) is 1. The van der Waals surface area contributed by atoms with Gasteiger partial charge >= 0.3 is 0 Å². The van der Waals surface area contributed by atoms with Crippen LogP contribution in [0.15, 0.2) is 53.4 Å². The Morgan fingerprint density at radius 3 is 2.48 bits per heavy atom. The van der Waals surface area contributed by atoms with E-state index in [0.29, 0.717) is 38.4 Å². The van der Waals surface area contributed by atoms with Crippen molar-refractivity contribution in [1.82, 2.24) is 9.62 Å². The first-order chi connectivity index (χ1) is 13.9. The van der Waals surface area contributed by atoms with Crippen LogP contribution in [0.4, 0.5) is 0 Å². The molecule has 2 aromatic rings. The second-order valence-electron chi connectivity index (χ2n) is 7.04. The van der Waals surface area contributed by atoms with Crippen LogP contribution in [0.3, 0.4) is 0 Å². The van der Waals surface area contributed by atoms with Crippen molar-refractivity contribution in [3.8, 4) is 5.75 Å². The predicted molar refractivity (Wildman–Crippen MR) is 109 cm³/mol. The first-order valence-corrected chi connectivity index (χ1v) is 11.0. The second-order valence-corrected chi connectivity index (χ2v) is 8.98. The van der Waals surface area contributed by atoms with Crippen LogP contribution in [-0.2, 0) is 21.3 Å². The van der Waals surface area contributed by atoms with E-state index in [0.717, 1.165) is 11.3 Å². The zero-order valence-electron chi connectivity index (χ0n) is 16.6. The van der Waals surface area contributed by atoms with Crippen molar-refractivity contribution in [2.24, 2.45) is 0 Å². The molecule has 0 atom stereocenters. The topological polar surface area (TPSA) is 84.9 Å². The molecular formula is C21H26N2O5S. The lowest BCUT2D eigenvalue weighted by molar-refractivity contribution is 0.0730. The number of rotatable bonds is 7. The number of carbonyl (C=O) groups excluding carboxylic acids is 1. The SMILES string of the molecule is CC(C)Oc1cccc(CNC(=O)c2ccc(S(=O)(=O)N3CCOCC3)cc2)c1. The first kappa shape index (κ1) is 21.3. The summed E-state index contributed by atoms with van der Waals surface area (Å²) in [4.78, 5) is 12.6.